The number of rotatable bonds is 11. The van der Waals surface area contributed by atoms with Crippen LogP contribution in [0.5, 0.6) is 28.7 Å². The van der Waals surface area contributed by atoms with Gasteiger partial charge in [-0.05, 0) is 41.8 Å². The topological polar surface area (TPSA) is 101 Å². The summed E-state index contributed by atoms with van der Waals surface area (Å²) in [5, 5.41) is 10.9. The molecule has 0 bridgehead atoms. The third kappa shape index (κ3) is 6.79. The average molecular weight is 509 g/mol. The van der Waals surface area contributed by atoms with Crippen LogP contribution < -0.4 is 23.7 Å². The van der Waals surface area contributed by atoms with E-state index >= 15 is 0 Å². The number of carboxylic acid groups (broad SMARTS) is 1. The number of carbonyl (C=O) groups is 2. The summed E-state index contributed by atoms with van der Waals surface area (Å²) >= 11 is 1.58. The molecule has 0 atom stereocenters. The normalized spacial score (nSPS) is 10.4. The number of thiophene rings is 1. The Morgan fingerprint density at radius 3 is 2.06 bits per heavy atom. The van der Waals surface area contributed by atoms with E-state index in [0.29, 0.717) is 17.1 Å². The van der Waals surface area contributed by atoms with Crippen LogP contribution >= 0.6 is 11.3 Å². The number of hydrogen-bond donors (Lipinski definition) is 1. The second-order valence-corrected chi connectivity index (χ2v) is 7.81. The van der Waals surface area contributed by atoms with Gasteiger partial charge < -0.3 is 28.8 Å². The van der Waals surface area contributed by atoms with Gasteiger partial charge in [0.05, 0.1) is 28.4 Å². The first kappa shape index (κ1) is 28.3. The number of carboxylic acids is 1. The molecule has 1 aromatic heterocycles. The Bertz CT molecular complexity index is 1180. The fraction of sp³-hybridized carbons (Fsp3) is 0.200. The van der Waals surface area contributed by atoms with Crippen molar-refractivity contribution in [2.45, 2.75) is 0 Å². The molecule has 3 rings (SSSR count). The van der Waals surface area contributed by atoms with Crippen LogP contribution in [0.4, 0.5) is 0 Å². The van der Waals surface area contributed by atoms with Crippen molar-refractivity contribution < 1.29 is 38.4 Å². The maximum atomic E-state index is 13.0. The van der Waals surface area contributed by atoms with Gasteiger partial charge in [-0.15, -0.1) is 11.3 Å². The Kier molecular flexibility index (Phi) is 10.7. The molecule has 10 heteroatoms. The number of ketones is 1. The van der Waals surface area contributed by atoms with Crippen molar-refractivity contribution in [3.63, 3.8) is 0 Å². The van der Waals surface area contributed by atoms with Crippen molar-refractivity contribution in [3.8, 4) is 39.2 Å². The van der Waals surface area contributed by atoms with Crippen LogP contribution in [0.3, 0.4) is 0 Å². The standard InChI is InChI=1S/C25H24O8S.Na.H/c1-29-19-13-20(30-2)17(23-6-5-9-34-23)10-15(19)7-8-18(26)16-11-21(31-3)25(22(12-16)32-4)33-14-24(27)28;;/h5-13H,14H2,1-4H3,(H,27,28);;. The van der Waals surface area contributed by atoms with E-state index in [2.05, 4.69) is 0 Å². The molecule has 0 unspecified atom stereocenters. The van der Waals surface area contributed by atoms with E-state index in [4.69, 9.17) is 28.8 Å². The fourth-order valence-corrected chi connectivity index (χ4v) is 3.99. The van der Waals surface area contributed by atoms with Gasteiger partial charge in [-0.3, -0.25) is 4.79 Å². The molecule has 3 aromatic rings. The summed E-state index contributed by atoms with van der Waals surface area (Å²) < 4.78 is 26.8. The van der Waals surface area contributed by atoms with Crippen LogP contribution in [0.1, 0.15) is 15.9 Å². The van der Waals surface area contributed by atoms with Crippen LogP contribution in [-0.4, -0.2) is 81.5 Å². The zero-order chi connectivity index (χ0) is 24.7. The molecule has 0 aliphatic carbocycles. The molecule has 0 saturated carbocycles. The van der Waals surface area contributed by atoms with Crippen molar-refractivity contribution in [1.29, 1.82) is 0 Å². The molecule has 2 aromatic carbocycles. The summed E-state index contributed by atoms with van der Waals surface area (Å²) in [5.41, 5.74) is 1.85. The second-order valence-electron chi connectivity index (χ2n) is 6.86. The van der Waals surface area contributed by atoms with Gasteiger partial charge in [0.2, 0.25) is 5.75 Å². The molecule has 0 amide bonds. The Balaban J connectivity index is 0.00000432. The molecule has 8 nitrogen and oxygen atoms in total. The zero-order valence-electron chi connectivity index (χ0n) is 19.1. The molecule has 0 aliphatic heterocycles. The van der Waals surface area contributed by atoms with Crippen LogP contribution in [0.15, 0.2) is 47.9 Å². The number of benzene rings is 2. The van der Waals surface area contributed by atoms with Gasteiger partial charge in [0.15, 0.2) is 23.9 Å². The van der Waals surface area contributed by atoms with Gasteiger partial charge in [0.1, 0.15) is 11.5 Å². The average Bonchev–Trinajstić information content (AvgIpc) is 3.39. The van der Waals surface area contributed by atoms with E-state index in [-0.39, 0.29) is 58.2 Å². The Labute approximate surface area is 229 Å². The maximum absolute atomic E-state index is 13.0. The van der Waals surface area contributed by atoms with Crippen LogP contribution in [0.2, 0.25) is 0 Å². The van der Waals surface area contributed by atoms with Gasteiger partial charge in [-0.2, -0.15) is 0 Å². The molecule has 0 radical (unpaired) electrons. The molecule has 0 spiro atoms. The Morgan fingerprint density at radius 1 is 0.914 bits per heavy atom. The summed E-state index contributed by atoms with van der Waals surface area (Å²) in [6.45, 7) is -0.580. The number of ether oxygens (including phenoxy) is 5. The van der Waals surface area contributed by atoms with E-state index in [0.717, 1.165) is 10.4 Å². The second kappa shape index (κ2) is 13.2. The number of hydrogen-bond acceptors (Lipinski definition) is 8. The third-order valence-corrected chi connectivity index (χ3v) is 5.74. The molecule has 0 fully saturated rings. The Hall–Kier alpha value is -2.98. The number of allylic oxidation sites excluding steroid dienone is 1. The molecule has 180 valence electrons. The molecular weight excluding hydrogens is 483 g/mol. The summed E-state index contributed by atoms with van der Waals surface area (Å²) in [6.07, 6.45) is 3.07. The van der Waals surface area contributed by atoms with Gasteiger partial charge in [0, 0.05) is 27.6 Å². The summed E-state index contributed by atoms with van der Waals surface area (Å²) in [6, 6.07) is 10.5. The number of aliphatic carboxylic acids is 1. The predicted octanol–water partition coefficient (Wildman–Crippen LogP) is 4.16. The van der Waals surface area contributed by atoms with Crippen LogP contribution in [0, 0.1) is 0 Å². The van der Waals surface area contributed by atoms with E-state index < -0.39 is 12.6 Å². The fourth-order valence-electron chi connectivity index (χ4n) is 3.24. The first-order valence-corrected chi connectivity index (χ1v) is 10.9. The van der Waals surface area contributed by atoms with E-state index in [1.54, 1.807) is 37.7 Å². The van der Waals surface area contributed by atoms with Crippen molar-refractivity contribution in [1.82, 2.24) is 0 Å². The first-order chi connectivity index (χ1) is 16.4. The summed E-state index contributed by atoms with van der Waals surface area (Å²) in [4.78, 5) is 24.9. The molecule has 0 saturated heterocycles. The van der Waals surface area contributed by atoms with Crippen molar-refractivity contribution >= 4 is 58.7 Å². The summed E-state index contributed by atoms with van der Waals surface area (Å²) in [7, 11) is 5.92. The molecule has 1 heterocycles. The zero-order valence-corrected chi connectivity index (χ0v) is 19.9. The van der Waals surface area contributed by atoms with Gasteiger partial charge in [-0.25, -0.2) is 4.79 Å². The quantitative estimate of drug-likeness (QED) is 0.234. The van der Waals surface area contributed by atoms with Gasteiger partial charge in [0.25, 0.3) is 0 Å². The number of carbonyl (C=O) groups excluding carboxylic acids is 1. The van der Waals surface area contributed by atoms with Crippen molar-refractivity contribution in [2.75, 3.05) is 35.0 Å². The minimum absolute atomic E-state index is 0. The molecule has 1 N–H and O–H groups in total. The van der Waals surface area contributed by atoms with Crippen molar-refractivity contribution in [2.24, 2.45) is 0 Å². The van der Waals surface area contributed by atoms with E-state index in [1.807, 2.05) is 23.6 Å². The van der Waals surface area contributed by atoms with Gasteiger partial charge >= 0.3 is 35.5 Å². The number of methoxy groups -OCH3 is 4. The minimum atomic E-state index is -1.15. The van der Waals surface area contributed by atoms with E-state index in [1.165, 1.54) is 32.4 Å². The Morgan fingerprint density at radius 2 is 1.54 bits per heavy atom. The first-order valence-electron chi connectivity index (χ1n) is 10.0. The predicted molar refractivity (Wildman–Crippen MR) is 136 cm³/mol. The van der Waals surface area contributed by atoms with Crippen LogP contribution in [0.25, 0.3) is 16.5 Å². The SMILES string of the molecule is COc1cc(OC)c(-c2cccs2)cc1C=CC(=O)c1cc(OC)c(OCC(=O)O)c(OC)c1.[NaH]. The van der Waals surface area contributed by atoms with Crippen molar-refractivity contribution in [3.05, 3.63) is 59.0 Å². The van der Waals surface area contributed by atoms with Crippen LogP contribution in [-0.2, 0) is 4.79 Å². The monoisotopic (exact) mass is 508 g/mol. The summed E-state index contributed by atoms with van der Waals surface area (Å²) in [5.74, 6) is 0.200. The van der Waals surface area contributed by atoms with E-state index in [9.17, 15) is 9.59 Å². The molecule has 0 aliphatic rings. The molecule has 35 heavy (non-hydrogen) atoms. The van der Waals surface area contributed by atoms with Gasteiger partial charge in [-0.1, -0.05) is 6.07 Å². The molecular formula is C25H25NaO8S. The third-order valence-electron chi connectivity index (χ3n) is 4.84.